The van der Waals surface area contributed by atoms with E-state index < -0.39 is 0 Å². The van der Waals surface area contributed by atoms with Gasteiger partial charge in [-0.15, -0.1) is 0 Å². The molecule has 2 heterocycles. The van der Waals surface area contributed by atoms with Crippen LogP contribution in [-0.4, -0.2) is 42.4 Å². The van der Waals surface area contributed by atoms with Crippen LogP contribution in [0.3, 0.4) is 0 Å². The van der Waals surface area contributed by atoms with E-state index in [0.29, 0.717) is 13.2 Å². The maximum atomic E-state index is 13.3. The summed E-state index contributed by atoms with van der Waals surface area (Å²) in [7, 11) is 2.05. The predicted octanol–water partition coefficient (Wildman–Crippen LogP) is 4.76. The molecule has 32 heavy (non-hydrogen) atoms. The molecule has 4 nitrogen and oxygen atoms in total. The summed E-state index contributed by atoms with van der Waals surface area (Å²) in [4.78, 5) is 17.4. The second-order valence-corrected chi connectivity index (χ2v) is 8.96. The molecule has 0 N–H and O–H groups in total. The smallest absolute Gasteiger partial charge is 0.236 e. The normalized spacial score (nSPS) is 17.2. The van der Waals surface area contributed by atoms with E-state index in [2.05, 4.69) is 77.7 Å². The number of carbonyl (C=O) groups excluding carboxylic acids is 1. The van der Waals surface area contributed by atoms with E-state index in [4.69, 9.17) is 4.74 Å². The Hall–Kier alpha value is -2.95. The van der Waals surface area contributed by atoms with Crippen LogP contribution in [0.25, 0.3) is 0 Å². The summed E-state index contributed by atoms with van der Waals surface area (Å²) in [6.45, 7) is 2.55. The topological polar surface area (TPSA) is 32.8 Å². The minimum atomic E-state index is -0.212. The molecule has 0 radical (unpaired) electrons. The third-order valence-corrected chi connectivity index (χ3v) is 6.99. The number of likely N-dealkylation sites (tertiary alicyclic amines) is 1. The van der Waals surface area contributed by atoms with E-state index in [1.54, 1.807) is 0 Å². The Morgan fingerprint density at radius 3 is 2.09 bits per heavy atom. The van der Waals surface area contributed by atoms with Gasteiger partial charge in [0, 0.05) is 13.1 Å². The Bertz CT molecular complexity index is 1020. The molecule has 1 spiro atoms. The molecular weight excluding hydrogens is 396 g/mol. The van der Waals surface area contributed by atoms with Crippen LogP contribution >= 0.6 is 0 Å². The number of rotatable bonds is 5. The van der Waals surface area contributed by atoms with Crippen molar-refractivity contribution in [2.24, 2.45) is 0 Å². The zero-order valence-corrected chi connectivity index (χ0v) is 18.6. The van der Waals surface area contributed by atoms with Gasteiger partial charge in [0.25, 0.3) is 0 Å². The van der Waals surface area contributed by atoms with Crippen LogP contribution in [0.2, 0.25) is 0 Å². The van der Waals surface area contributed by atoms with E-state index in [1.807, 2.05) is 24.1 Å². The first-order valence-electron chi connectivity index (χ1n) is 11.5. The second-order valence-electron chi connectivity index (χ2n) is 8.96. The molecule has 5 rings (SSSR count). The van der Waals surface area contributed by atoms with Crippen LogP contribution in [0.15, 0.2) is 84.9 Å². The highest BCUT2D eigenvalue weighted by atomic mass is 16.5. The molecule has 2 aliphatic rings. The van der Waals surface area contributed by atoms with Crippen LogP contribution in [-0.2, 0) is 21.7 Å². The number of amides is 1. The first-order valence-corrected chi connectivity index (χ1v) is 11.5. The maximum Gasteiger partial charge on any atom is 0.236 e. The molecule has 0 unspecified atom stereocenters. The summed E-state index contributed by atoms with van der Waals surface area (Å²) in [5.74, 6) is 0.186. The average Bonchev–Trinajstić information content (AvgIpc) is 3.19. The lowest BCUT2D eigenvalue weighted by atomic mass is 9.84. The van der Waals surface area contributed by atoms with E-state index in [1.165, 1.54) is 22.3 Å². The minimum absolute atomic E-state index is 0.0440. The highest BCUT2D eigenvalue weighted by Crippen LogP contribution is 2.44. The van der Waals surface area contributed by atoms with Gasteiger partial charge < -0.3 is 9.64 Å². The van der Waals surface area contributed by atoms with E-state index in [9.17, 15) is 4.79 Å². The van der Waals surface area contributed by atoms with Crippen LogP contribution in [0.4, 0.5) is 0 Å². The highest BCUT2D eigenvalue weighted by molar-refractivity contribution is 5.78. The quantitative estimate of drug-likeness (QED) is 0.590. The van der Waals surface area contributed by atoms with Crippen molar-refractivity contribution in [2.45, 2.75) is 31.1 Å². The summed E-state index contributed by atoms with van der Waals surface area (Å²) in [6.07, 6.45) is 1.72. The number of likely N-dealkylation sites (N-methyl/N-ethyl adjacent to an activating group) is 1. The summed E-state index contributed by atoms with van der Waals surface area (Å²) >= 11 is 0. The number of piperidine rings is 1. The van der Waals surface area contributed by atoms with Crippen molar-refractivity contribution in [2.75, 3.05) is 26.7 Å². The Kier molecular flexibility index (Phi) is 5.81. The lowest BCUT2D eigenvalue weighted by molar-refractivity contribution is -0.139. The second kappa shape index (κ2) is 8.89. The van der Waals surface area contributed by atoms with Crippen LogP contribution in [0, 0.1) is 0 Å². The number of nitrogens with zero attached hydrogens (tertiary/aromatic N) is 2. The predicted molar refractivity (Wildman–Crippen MR) is 126 cm³/mol. The lowest BCUT2D eigenvalue weighted by Crippen LogP contribution is -2.48. The van der Waals surface area contributed by atoms with Crippen molar-refractivity contribution in [1.82, 2.24) is 9.80 Å². The van der Waals surface area contributed by atoms with Crippen molar-refractivity contribution < 1.29 is 9.53 Å². The van der Waals surface area contributed by atoms with Crippen molar-refractivity contribution >= 4 is 5.91 Å². The molecule has 0 atom stereocenters. The van der Waals surface area contributed by atoms with Gasteiger partial charge in [-0.3, -0.25) is 9.69 Å². The standard InChI is InChI=1S/C28H30N2O2/c1-29(27(22-10-4-2-5-11-22)23-12-6-3-7-13-23)20-26(31)30-18-16-28(17-19-30)25-15-9-8-14-24(25)21-32-28/h2-15,27H,16-21H2,1H3. The highest BCUT2D eigenvalue weighted by Gasteiger charge is 2.43. The summed E-state index contributed by atoms with van der Waals surface area (Å²) in [6, 6.07) is 29.4. The molecule has 0 aromatic heterocycles. The SMILES string of the molecule is CN(CC(=O)N1CCC2(CC1)OCc1ccccc12)C(c1ccccc1)c1ccccc1. The zero-order valence-electron chi connectivity index (χ0n) is 18.6. The Morgan fingerprint density at radius 1 is 0.906 bits per heavy atom. The molecule has 2 aliphatic heterocycles. The first-order chi connectivity index (χ1) is 15.7. The van der Waals surface area contributed by atoms with E-state index in [0.717, 1.165) is 25.9 Å². The van der Waals surface area contributed by atoms with Gasteiger partial charge in [-0.1, -0.05) is 84.9 Å². The lowest BCUT2D eigenvalue weighted by Gasteiger charge is -2.40. The van der Waals surface area contributed by atoms with Gasteiger partial charge in [0.2, 0.25) is 5.91 Å². The Balaban J connectivity index is 1.28. The summed E-state index contributed by atoms with van der Waals surface area (Å²) < 4.78 is 6.27. The number of carbonyl (C=O) groups is 1. The molecule has 1 amide bonds. The number of benzene rings is 3. The molecule has 3 aromatic rings. The van der Waals surface area contributed by atoms with Gasteiger partial charge in [-0.2, -0.15) is 0 Å². The van der Waals surface area contributed by atoms with Crippen molar-refractivity contribution in [3.63, 3.8) is 0 Å². The van der Waals surface area contributed by atoms with Crippen LogP contribution in [0.5, 0.6) is 0 Å². The van der Waals surface area contributed by atoms with Gasteiger partial charge in [0.1, 0.15) is 0 Å². The van der Waals surface area contributed by atoms with Crippen LogP contribution < -0.4 is 0 Å². The van der Waals surface area contributed by atoms with Gasteiger partial charge in [0.05, 0.1) is 24.8 Å². The molecule has 0 bridgehead atoms. The van der Waals surface area contributed by atoms with E-state index in [-0.39, 0.29) is 17.6 Å². The molecule has 1 saturated heterocycles. The largest absolute Gasteiger partial charge is 0.365 e. The van der Waals surface area contributed by atoms with Gasteiger partial charge in [-0.25, -0.2) is 0 Å². The molecule has 1 fully saturated rings. The number of ether oxygens (including phenoxy) is 1. The van der Waals surface area contributed by atoms with Crippen molar-refractivity contribution in [3.8, 4) is 0 Å². The third-order valence-electron chi connectivity index (χ3n) is 6.99. The Labute approximate surface area is 190 Å². The fourth-order valence-electron chi connectivity index (χ4n) is 5.29. The molecule has 0 aliphatic carbocycles. The molecule has 0 saturated carbocycles. The number of fused-ring (bicyclic) bond motifs is 2. The van der Waals surface area contributed by atoms with Crippen LogP contribution in [0.1, 0.15) is 41.1 Å². The van der Waals surface area contributed by atoms with Gasteiger partial charge in [-0.05, 0) is 42.1 Å². The van der Waals surface area contributed by atoms with E-state index >= 15 is 0 Å². The molecule has 4 heteroatoms. The fraction of sp³-hybridized carbons (Fsp3) is 0.321. The average molecular weight is 427 g/mol. The summed E-state index contributed by atoms with van der Waals surface area (Å²) in [5, 5.41) is 0. The fourth-order valence-corrected chi connectivity index (χ4v) is 5.29. The molecule has 3 aromatic carbocycles. The van der Waals surface area contributed by atoms with Crippen molar-refractivity contribution in [1.29, 1.82) is 0 Å². The monoisotopic (exact) mass is 426 g/mol. The molecular formula is C28H30N2O2. The zero-order chi connectivity index (χ0) is 22.0. The Morgan fingerprint density at radius 2 is 1.47 bits per heavy atom. The number of hydrogen-bond donors (Lipinski definition) is 0. The van der Waals surface area contributed by atoms with Gasteiger partial charge >= 0.3 is 0 Å². The maximum absolute atomic E-state index is 13.3. The summed E-state index contributed by atoms with van der Waals surface area (Å²) in [5.41, 5.74) is 4.79. The first kappa shape index (κ1) is 20.9. The third kappa shape index (κ3) is 3.96. The van der Waals surface area contributed by atoms with Crippen molar-refractivity contribution in [3.05, 3.63) is 107 Å². The van der Waals surface area contributed by atoms with Gasteiger partial charge in [0.15, 0.2) is 0 Å². The molecule has 164 valence electrons. The minimum Gasteiger partial charge on any atom is -0.365 e. The number of hydrogen-bond acceptors (Lipinski definition) is 3.